The van der Waals surface area contributed by atoms with Gasteiger partial charge in [0.25, 0.3) is 0 Å². The molecule has 0 spiro atoms. The maximum absolute atomic E-state index is 11.8. The molecule has 0 aliphatic rings. The zero-order chi connectivity index (χ0) is 13.6. The maximum atomic E-state index is 11.8. The Hall–Kier alpha value is -1.60. The van der Waals surface area contributed by atoms with Gasteiger partial charge in [-0.05, 0) is 31.2 Å². The highest BCUT2D eigenvalue weighted by Gasteiger charge is 2.14. The third-order valence-corrected chi connectivity index (χ3v) is 3.58. The van der Waals surface area contributed by atoms with Gasteiger partial charge in [0, 0.05) is 6.54 Å². The second-order valence-corrected chi connectivity index (χ2v) is 5.22. The van der Waals surface area contributed by atoms with Crippen molar-refractivity contribution in [2.45, 2.75) is 11.8 Å². The molecule has 0 saturated heterocycles. The molecule has 0 aliphatic carbocycles. The molecule has 0 aliphatic heterocycles. The van der Waals surface area contributed by atoms with Crippen LogP contribution in [0.5, 0.6) is 5.75 Å². The summed E-state index contributed by atoms with van der Waals surface area (Å²) in [5.41, 5.74) is 0. The first-order valence-corrected chi connectivity index (χ1v) is 6.88. The predicted molar refractivity (Wildman–Crippen MR) is 66.9 cm³/mol. The molecular weight excluding hydrogens is 256 g/mol. The monoisotopic (exact) mass is 272 g/mol. The Morgan fingerprint density at radius 1 is 1.28 bits per heavy atom. The minimum Gasteiger partial charge on any atom is -0.497 e. The molecule has 0 saturated carbocycles. The number of carbonyl (C=O) groups excluding carboxylic acids is 1. The molecule has 1 rings (SSSR count). The highest BCUT2D eigenvalue weighted by Crippen LogP contribution is 2.14. The normalized spacial score (nSPS) is 11.0. The maximum Gasteiger partial charge on any atom is 0.241 e. The van der Waals surface area contributed by atoms with Gasteiger partial charge in [-0.1, -0.05) is 0 Å². The van der Waals surface area contributed by atoms with E-state index in [1.165, 1.54) is 19.2 Å². The lowest BCUT2D eigenvalue weighted by Gasteiger charge is -2.07. The Morgan fingerprint density at radius 3 is 2.39 bits per heavy atom. The van der Waals surface area contributed by atoms with Crippen molar-refractivity contribution >= 4 is 15.9 Å². The van der Waals surface area contributed by atoms with Crippen molar-refractivity contribution < 1.29 is 17.9 Å². The molecule has 0 aromatic heterocycles. The molecule has 0 heterocycles. The molecule has 0 radical (unpaired) electrons. The Kier molecular flexibility index (Phi) is 5.11. The van der Waals surface area contributed by atoms with Gasteiger partial charge in [0.1, 0.15) is 5.75 Å². The summed E-state index contributed by atoms with van der Waals surface area (Å²) in [6.45, 7) is 1.95. The van der Waals surface area contributed by atoms with Crippen molar-refractivity contribution in [2.24, 2.45) is 0 Å². The second-order valence-electron chi connectivity index (χ2n) is 3.45. The second kappa shape index (κ2) is 6.36. The Bertz CT molecular complexity index is 496. The Balaban J connectivity index is 2.70. The predicted octanol–water partition coefficient (Wildman–Crippen LogP) is 0.110. The van der Waals surface area contributed by atoms with E-state index in [9.17, 15) is 13.2 Å². The van der Waals surface area contributed by atoms with E-state index in [2.05, 4.69) is 10.0 Å². The molecule has 100 valence electrons. The van der Waals surface area contributed by atoms with Gasteiger partial charge < -0.3 is 10.1 Å². The van der Waals surface area contributed by atoms with Crippen LogP contribution in [0.1, 0.15) is 6.92 Å². The van der Waals surface area contributed by atoms with E-state index >= 15 is 0 Å². The number of likely N-dealkylation sites (N-methyl/N-ethyl adjacent to an activating group) is 1. The number of benzene rings is 1. The topological polar surface area (TPSA) is 84.5 Å². The SMILES string of the molecule is CCNC(=O)CNS(=O)(=O)c1ccc(OC)cc1. The van der Waals surface area contributed by atoms with E-state index < -0.39 is 10.0 Å². The highest BCUT2D eigenvalue weighted by atomic mass is 32.2. The van der Waals surface area contributed by atoms with Crippen molar-refractivity contribution in [1.29, 1.82) is 0 Å². The Labute approximate surface area is 106 Å². The van der Waals surface area contributed by atoms with Crippen molar-refractivity contribution in [3.63, 3.8) is 0 Å². The van der Waals surface area contributed by atoms with Crippen LogP contribution in [-0.4, -0.2) is 34.5 Å². The number of sulfonamides is 1. The summed E-state index contributed by atoms with van der Waals surface area (Å²) in [5.74, 6) is 0.201. The molecule has 6 nitrogen and oxygen atoms in total. The molecule has 18 heavy (non-hydrogen) atoms. The molecule has 1 aromatic carbocycles. The summed E-state index contributed by atoms with van der Waals surface area (Å²) in [6.07, 6.45) is 0. The third-order valence-electron chi connectivity index (χ3n) is 2.17. The summed E-state index contributed by atoms with van der Waals surface area (Å²) >= 11 is 0. The van der Waals surface area contributed by atoms with E-state index in [0.29, 0.717) is 12.3 Å². The van der Waals surface area contributed by atoms with Gasteiger partial charge in [-0.3, -0.25) is 4.79 Å². The third kappa shape index (κ3) is 4.01. The fourth-order valence-electron chi connectivity index (χ4n) is 1.26. The summed E-state index contributed by atoms with van der Waals surface area (Å²) in [4.78, 5) is 11.3. The summed E-state index contributed by atoms with van der Waals surface area (Å²) < 4.78 is 30.8. The van der Waals surface area contributed by atoms with Gasteiger partial charge in [0.05, 0.1) is 18.6 Å². The van der Waals surface area contributed by atoms with E-state index in [0.717, 1.165) is 0 Å². The van der Waals surface area contributed by atoms with Crippen LogP contribution < -0.4 is 14.8 Å². The summed E-state index contributed by atoms with van der Waals surface area (Å²) in [7, 11) is -2.17. The first-order chi connectivity index (χ1) is 8.49. The number of nitrogens with one attached hydrogen (secondary N) is 2. The lowest BCUT2D eigenvalue weighted by Crippen LogP contribution is -2.36. The van der Waals surface area contributed by atoms with Gasteiger partial charge in [0.2, 0.25) is 15.9 Å². The van der Waals surface area contributed by atoms with E-state index in [1.54, 1.807) is 19.1 Å². The zero-order valence-corrected chi connectivity index (χ0v) is 11.1. The van der Waals surface area contributed by atoms with Gasteiger partial charge in [-0.2, -0.15) is 0 Å². The molecule has 1 aromatic rings. The number of amides is 1. The van der Waals surface area contributed by atoms with E-state index in [4.69, 9.17) is 4.74 Å². The molecule has 1 amide bonds. The average Bonchev–Trinajstić information content (AvgIpc) is 2.37. The minimum atomic E-state index is -3.67. The van der Waals surface area contributed by atoms with Crippen LogP contribution in [0, 0.1) is 0 Å². The van der Waals surface area contributed by atoms with Crippen LogP contribution in [0.25, 0.3) is 0 Å². The first kappa shape index (κ1) is 14.5. The molecular formula is C11H16N2O4S. The zero-order valence-electron chi connectivity index (χ0n) is 10.3. The average molecular weight is 272 g/mol. The fraction of sp³-hybridized carbons (Fsp3) is 0.364. The number of hydrogen-bond acceptors (Lipinski definition) is 4. The van der Waals surface area contributed by atoms with Crippen LogP contribution in [0.15, 0.2) is 29.2 Å². The fourth-order valence-corrected chi connectivity index (χ4v) is 2.24. The molecule has 0 fully saturated rings. The molecule has 2 N–H and O–H groups in total. The van der Waals surface area contributed by atoms with E-state index in [-0.39, 0.29) is 17.3 Å². The smallest absolute Gasteiger partial charge is 0.241 e. The van der Waals surface area contributed by atoms with E-state index in [1.807, 2.05) is 0 Å². The number of ether oxygens (including phenoxy) is 1. The van der Waals surface area contributed by atoms with Crippen molar-refractivity contribution in [3.8, 4) is 5.75 Å². The Morgan fingerprint density at radius 2 is 1.89 bits per heavy atom. The molecule has 0 bridgehead atoms. The quantitative estimate of drug-likeness (QED) is 0.770. The first-order valence-electron chi connectivity index (χ1n) is 5.40. The molecule has 0 unspecified atom stereocenters. The lowest BCUT2D eigenvalue weighted by atomic mass is 10.3. The van der Waals surface area contributed by atoms with Crippen LogP contribution in [0.2, 0.25) is 0 Å². The van der Waals surface area contributed by atoms with Gasteiger partial charge in [-0.25, -0.2) is 13.1 Å². The van der Waals surface area contributed by atoms with Crippen LogP contribution in [0.4, 0.5) is 0 Å². The molecule has 7 heteroatoms. The lowest BCUT2D eigenvalue weighted by molar-refractivity contribution is -0.119. The van der Waals surface area contributed by atoms with Crippen LogP contribution in [-0.2, 0) is 14.8 Å². The van der Waals surface area contributed by atoms with Crippen LogP contribution in [0.3, 0.4) is 0 Å². The highest BCUT2D eigenvalue weighted by molar-refractivity contribution is 7.89. The van der Waals surface area contributed by atoms with Gasteiger partial charge in [0.15, 0.2) is 0 Å². The van der Waals surface area contributed by atoms with Gasteiger partial charge in [-0.15, -0.1) is 0 Å². The largest absolute Gasteiger partial charge is 0.497 e. The number of rotatable bonds is 6. The molecule has 0 atom stereocenters. The van der Waals surface area contributed by atoms with Gasteiger partial charge >= 0.3 is 0 Å². The number of methoxy groups -OCH3 is 1. The minimum absolute atomic E-state index is 0.0904. The van der Waals surface area contributed by atoms with Crippen molar-refractivity contribution in [1.82, 2.24) is 10.0 Å². The van der Waals surface area contributed by atoms with Crippen molar-refractivity contribution in [2.75, 3.05) is 20.2 Å². The number of hydrogen-bond donors (Lipinski definition) is 2. The summed E-state index contributed by atoms with van der Waals surface area (Å²) in [6, 6.07) is 5.92. The summed E-state index contributed by atoms with van der Waals surface area (Å²) in [5, 5.41) is 2.50. The standard InChI is InChI=1S/C11H16N2O4S/c1-3-12-11(14)8-13-18(15,16)10-6-4-9(17-2)5-7-10/h4-7,13H,3,8H2,1-2H3,(H,12,14). The van der Waals surface area contributed by atoms with Crippen molar-refractivity contribution in [3.05, 3.63) is 24.3 Å². The number of carbonyl (C=O) groups is 1. The van der Waals surface area contributed by atoms with Crippen LogP contribution >= 0.6 is 0 Å².